The molecule has 1 fully saturated rings. The normalized spacial score (nSPS) is 17.8. The molecule has 1 aliphatic carbocycles. The van der Waals surface area contributed by atoms with Crippen LogP contribution in [0.15, 0.2) is 24.3 Å². The number of methoxy groups -OCH3 is 1. The van der Waals surface area contributed by atoms with Gasteiger partial charge >= 0.3 is 0 Å². The van der Waals surface area contributed by atoms with Gasteiger partial charge in [0, 0.05) is 12.8 Å². The molecule has 0 radical (unpaired) electrons. The maximum absolute atomic E-state index is 12.4. The van der Waals surface area contributed by atoms with Gasteiger partial charge in [-0.05, 0) is 30.5 Å². The highest BCUT2D eigenvalue weighted by Gasteiger charge is 2.43. The molecule has 0 aromatic heterocycles. The van der Waals surface area contributed by atoms with Crippen LogP contribution in [0, 0.1) is 0 Å². The van der Waals surface area contributed by atoms with Gasteiger partial charge in [-0.2, -0.15) is 0 Å². The molecule has 0 bridgehead atoms. The quantitative estimate of drug-likeness (QED) is 0.813. The molecule has 1 aromatic rings. The second-order valence-corrected chi connectivity index (χ2v) is 6.35. The number of carbonyl (C=O) groups excluding carboxylic acids is 2. The van der Waals surface area contributed by atoms with Crippen LogP contribution in [0.1, 0.15) is 31.2 Å². The molecule has 1 N–H and O–H groups in total. The van der Waals surface area contributed by atoms with Crippen molar-refractivity contribution >= 4 is 22.0 Å². The molecule has 0 spiro atoms. The van der Waals surface area contributed by atoms with E-state index in [4.69, 9.17) is 4.74 Å². The Morgan fingerprint density at radius 1 is 1.32 bits per heavy atom. The van der Waals surface area contributed by atoms with Crippen LogP contribution in [0.4, 0.5) is 0 Å². The molecule has 1 aromatic carbocycles. The fraction of sp³-hybridized carbons (Fsp3) is 0.429. The molecule has 0 unspecified atom stereocenters. The number of hydrogen-bond acceptors (Lipinski definition) is 6. The monoisotopic (exact) mass is 326 g/mol. The Morgan fingerprint density at radius 3 is 2.50 bits per heavy atom. The summed E-state index contributed by atoms with van der Waals surface area (Å²) in [5, 5.41) is 0. The summed E-state index contributed by atoms with van der Waals surface area (Å²) < 4.78 is 39.2. The summed E-state index contributed by atoms with van der Waals surface area (Å²) in [6, 6.07) is 6.64. The number of ketones is 1. The SMILES string of the molecule is COc1cccc(C2(C(=O)NS(=O)(=O)[O-])CCC(=O)CC2)c1. The van der Waals surface area contributed by atoms with Gasteiger partial charge in [0.25, 0.3) is 0 Å². The third-order valence-electron chi connectivity index (χ3n) is 3.94. The lowest BCUT2D eigenvalue weighted by Crippen LogP contribution is -2.48. The second kappa shape index (κ2) is 6.05. The maximum atomic E-state index is 12.4. The van der Waals surface area contributed by atoms with Gasteiger partial charge in [0.1, 0.15) is 11.5 Å². The van der Waals surface area contributed by atoms with Crippen LogP contribution in [-0.4, -0.2) is 31.8 Å². The smallest absolute Gasteiger partial charge is 0.243 e. The van der Waals surface area contributed by atoms with Crippen molar-refractivity contribution in [3.05, 3.63) is 29.8 Å². The van der Waals surface area contributed by atoms with E-state index in [2.05, 4.69) is 0 Å². The van der Waals surface area contributed by atoms with E-state index in [9.17, 15) is 22.6 Å². The summed E-state index contributed by atoms with van der Waals surface area (Å²) in [6.45, 7) is 0. The van der Waals surface area contributed by atoms with Crippen molar-refractivity contribution in [2.24, 2.45) is 0 Å². The number of carbonyl (C=O) groups is 2. The van der Waals surface area contributed by atoms with Crippen molar-refractivity contribution in [2.45, 2.75) is 31.1 Å². The minimum Gasteiger partial charge on any atom is -0.731 e. The van der Waals surface area contributed by atoms with Crippen LogP contribution >= 0.6 is 0 Å². The van der Waals surface area contributed by atoms with Crippen molar-refractivity contribution in [1.82, 2.24) is 4.72 Å². The standard InChI is InChI=1S/C14H17NO6S/c1-21-12-4-2-3-10(9-12)14(7-5-11(16)6-8-14)13(17)15-22(18,19)20/h2-4,9H,5-8H2,1H3,(H,15,17)(H,18,19,20)/p-1. The van der Waals surface area contributed by atoms with Crippen molar-refractivity contribution < 1.29 is 27.3 Å². The van der Waals surface area contributed by atoms with Crippen LogP contribution in [-0.2, 0) is 25.3 Å². The molecular weight excluding hydrogens is 310 g/mol. The van der Waals surface area contributed by atoms with Crippen LogP contribution in [0.3, 0.4) is 0 Å². The molecule has 2 rings (SSSR count). The van der Waals surface area contributed by atoms with E-state index >= 15 is 0 Å². The number of Topliss-reactive ketones (excluding diaryl/α,β-unsaturated/α-hetero) is 1. The van der Waals surface area contributed by atoms with E-state index in [1.807, 2.05) is 0 Å². The van der Waals surface area contributed by atoms with Crippen molar-refractivity contribution in [3.63, 3.8) is 0 Å². The van der Waals surface area contributed by atoms with E-state index in [1.165, 1.54) is 11.8 Å². The Morgan fingerprint density at radius 2 is 1.95 bits per heavy atom. The molecule has 0 atom stereocenters. The third-order valence-corrected chi connectivity index (χ3v) is 4.37. The molecular formula is C14H16NO6S-. The largest absolute Gasteiger partial charge is 0.731 e. The molecule has 0 saturated heterocycles. The van der Waals surface area contributed by atoms with Gasteiger partial charge in [0.05, 0.1) is 12.5 Å². The van der Waals surface area contributed by atoms with Gasteiger partial charge in [0.15, 0.2) is 10.3 Å². The summed E-state index contributed by atoms with van der Waals surface area (Å²) in [6.07, 6.45) is 0.619. The van der Waals surface area contributed by atoms with Crippen molar-refractivity contribution in [3.8, 4) is 5.75 Å². The summed E-state index contributed by atoms with van der Waals surface area (Å²) in [4.78, 5) is 23.9. The summed E-state index contributed by atoms with van der Waals surface area (Å²) in [5.41, 5.74) is -0.694. The zero-order chi connectivity index (χ0) is 16.4. The van der Waals surface area contributed by atoms with Crippen LogP contribution < -0.4 is 9.46 Å². The minimum absolute atomic E-state index is 0.0105. The predicted molar refractivity (Wildman–Crippen MR) is 76.0 cm³/mol. The third kappa shape index (κ3) is 3.45. The highest BCUT2D eigenvalue weighted by molar-refractivity contribution is 7.84. The first-order valence-electron chi connectivity index (χ1n) is 6.71. The Bertz CT molecular complexity index is 687. The predicted octanol–water partition coefficient (Wildman–Crippen LogP) is 0.652. The van der Waals surface area contributed by atoms with Crippen LogP contribution in [0.25, 0.3) is 0 Å². The number of ether oxygens (including phenoxy) is 1. The number of amides is 1. The molecule has 8 heteroatoms. The first kappa shape index (κ1) is 16.4. The average molecular weight is 326 g/mol. The van der Waals surface area contributed by atoms with E-state index < -0.39 is 21.6 Å². The Labute approximate surface area is 128 Å². The van der Waals surface area contributed by atoms with Gasteiger partial charge in [-0.3, -0.25) is 14.3 Å². The number of benzene rings is 1. The zero-order valence-corrected chi connectivity index (χ0v) is 12.8. The Hall–Kier alpha value is -1.93. The van der Waals surface area contributed by atoms with Crippen LogP contribution in [0.2, 0.25) is 0 Å². The lowest BCUT2D eigenvalue weighted by atomic mass is 9.68. The lowest BCUT2D eigenvalue weighted by Gasteiger charge is -2.36. The van der Waals surface area contributed by atoms with Gasteiger partial charge in [-0.25, -0.2) is 8.42 Å². The molecule has 1 amide bonds. The average Bonchev–Trinajstić information content (AvgIpc) is 2.46. The zero-order valence-electron chi connectivity index (χ0n) is 12.0. The molecule has 0 heterocycles. The van der Waals surface area contributed by atoms with E-state index in [1.54, 1.807) is 24.3 Å². The van der Waals surface area contributed by atoms with Crippen LogP contribution in [0.5, 0.6) is 5.75 Å². The van der Waals surface area contributed by atoms with E-state index in [0.29, 0.717) is 11.3 Å². The first-order valence-corrected chi connectivity index (χ1v) is 8.12. The summed E-state index contributed by atoms with van der Waals surface area (Å²) in [5.74, 6) is -0.383. The minimum atomic E-state index is -4.91. The fourth-order valence-corrected chi connectivity index (χ4v) is 3.16. The van der Waals surface area contributed by atoms with E-state index in [-0.39, 0.29) is 31.5 Å². The highest BCUT2D eigenvalue weighted by Crippen LogP contribution is 2.39. The molecule has 7 nitrogen and oxygen atoms in total. The first-order chi connectivity index (χ1) is 10.3. The molecule has 0 aliphatic heterocycles. The number of rotatable bonds is 4. The molecule has 22 heavy (non-hydrogen) atoms. The molecule has 1 aliphatic rings. The van der Waals surface area contributed by atoms with Crippen molar-refractivity contribution in [1.29, 1.82) is 0 Å². The summed E-state index contributed by atoms with van der Waals surface area (Å²) >= 11 is 0. The number of hydrogen-bond donors (Lipinski definition) is 1. The van der Waals surface area contributed by atoms with E-state index in [0.717, 1.165) is 0 Å². The molecule has 120 valence electrons. The van der Waals surface area contributed by atoms with Gasteiger partial charge in [-0.1, -0.05) is 12.1 Å². The maximum Gasteiger partial charge on any atom is 0.243 e. The highest BCUT2D eigenvalue weighted by atomic mass is 32.2. The Balaban J connectivity index is 2.45. The van der Waals surface area contributed by atoms with Gasteiger partial charge < -0.3 is 9.29 Å². The Kier molecular flexibility index (Phi) is 4.52. The lowest BCUT2D eigenvalue weighted by molar-refractivity contribution is -0.129. The topological polar surface area (TPSA) is 113 Å². The van der Waals surface area contributed by atoms with Crippen molar-refractivity contribution in [2.75, 3.05) is 7.11 Å². The van der Waals surface area contributed by atoms with Gasteiger partial charge in [-0.15, -0.1) is 0 Å². The number of nitrogens with one attached hydrogen (secondary N) is 1. The molecule has 1 saturated carbocycles. The van der Waals surface area contributed by atoms with Gasteiger partial charge in [0.2, 0.25) is 5.91 Å². The second-order valence-electron chi connectivity index (χ2n) is 5.24. The summed E-state index contributed by atoms with van der Waals surface area (Å²) in [7, 11) is -3.44. The fourth-order valence-electron chi connectivity index (χ4n) is 2.73.